The minimum atomic E-state index is 0.0763. The van der Waals surface area contributed by atoms with E-state index in [0.29, 0.717) is 6.29 Å². The topological polar surface area (TPSA) is 78.7 Å². The number of halogens is 1. The molecule has 0 unspecified atom stereocenters. The quantitative estimate of drug-likeness (QED) is 0.309. The first-order chi connectivity index (χ1) is 5.27. The Morgan fingerprint density at radius 2 is 2.55 bits per heavy atom. The van der Waals surface area contributed by atoms with E-state index in [0.717, 1.165) is 11.3 Å². The van der Waals surface area contributed by atoms with E-state index in [1.807, 2.05) is 0 Å². The van der Waals surface area contributed by atoms with Crippen LogP contribution in [0.5, 0.6) is 0 Å². The van der Waals surface area contributed by atoms with Crippen LogP contribution < -0.4 is 0 Å². The highest BCUT2D eigenvalue weighted by atomic mass is 35.5. The summed E-state index contributed by atoms with van der Waals surface area (Å²) in [5.74, 6) is 0. The molecule has 1 heterocycles. The summed E-state index contributed by atoms with van der Waals surface area (Å²) in [6.45, 7) is 0. The molecule has 0 spiro atoms. The van der Waals surface area contributed by atoms with Crippen LogP contribution in [0.15, 0.2) is 5.11 Å². The fourth-order valence-corrected chi connectivity index (χ4v) is 1.34. The van der Waals surface area contributed by atoms with Gasteiger partial charge >= 0.3 is 0 Å². The van der Waals surface area contributed by atoms with Gasteiger partial charge in [-0.25, -0.2) is 4.98 Å². The highest BCUT2D eigenvalue weighted by Gasteiger charge is 2.05. The van der Waals surface area contributed by atoms with E-state index < -0.39 is 0 Å². The second-order valence-electron chi connectivity index (χ2n) is 1.46. The van der Waals surface area contributed by atoms with Crippen LogP contribution in [0, 0.1) is 0 Å². The summed E-state index contributed by atoms with van der Waals surface area (Å²) < 4.78 is 0. The molecule has 0 saturated carbocycles. The Morgan fingerprint density at radius 1 is 1.82 bits per heavy atom. The van der Waals surface area contributed by atoms with Crippen molar-refractivity contribution in [1.29, 1.82) is 0 Å². The van der Waals surface area contributed by atoms with Gasteiger partial charge in [0.05, 0.1) is 0 Å². The third kappa shape index (κ3) is 1.68. The molecule has 0 bridgehead atoms. The van der Waals surface area contributed by atoms with Crippen molar-refractivity contribution in [3.8, 4) is 0 Å². The molecule has 0 aliphatic rings. The zero-order valence-electron chi connectivity index (χ0n) is 5.06. The number of carbonyl (C=O) groups is 1. The SMILES string of the molecule is [N-]=[N+]=Nc1nc(Cl)c(C=O)s1. The molecular formula is C4HClN4OS. The van der Waals surface area contributed by atoms with Gasteiger partial charge in [0, 0.05) is 4.91 Å². The van der Waals surface area contributed by atoms with Crippen molar-refractivity contribution in [1.82, 2.24) is 4.98 Å². The Morgan fingerprint density at radius 3 is 3.00 bits per heavy atom. The van der Waals surface area contributed by atoms with Crippen LogP contribution in [0.2, 0.25) is 5.15 Å². The van der Waals surface area contributed by atoms with Gasteiger partial charge in [-0.1, -0.05) is 11.6 Å². The number of nitrogens with zero attached hydrogens (tertiary/aromatic N) is 4. The first kappa shape index (κ1) is 8.00. The maximum atomic E-state index is 10.2. The van der Waals surface area contributed by atoms with Crippen molar-refractivity contribution in [2.45, 2.75) is 0 Å². The van der Waals surface area contributed by atoms with E-state index in [1.54, 1.807) is 0 Å². The lowest BCUT2D eigenvalue weighted by Gasteiger charge is -1.73. The first-order valence-electron chi connectivity index (χ1n) is 2.44. The molecule has 1 aromatic heterocycles. The van der Waals surface area contributed by atoms with Crippen molar-refractivity contribution in [3.63, 3.8) is 0 Å². The first-order valence-corrected chi connectivity index (χ1v) is 3.64. The molecular weight excluding hydrogens is 188 g/mol. The van der Waals surface area contributed by atoms with Gasteiger partial charge in [0.25, 0.3) is 0 Å². The van der Waals surface area contributed by atoms with Crippen molar-refractivity contribution in [3.05, 3.63) is 20.5 Å². The van der Waals surface area contributed by atoms with Crippen molar-refractivity contribution in [2.24, 2.45) is 5.11 Å². The maximum Gasteiger partial charge on any atom is 0.182 e. The Labute approximate surface area is 70.3 Å². The number of hydrogen-bond donors (Lipinski definition) is 0. The lowest BCUT2D eigenvalue weighted by molar-refractivity contribution is 0.112. The number of thiazole rings is 1. The normalized spacial score (nSPS) is 8.82. The predicted octanol–water partition coefficient (Wildman–Crippen LogP) is 2.55. The number of aromatic nitrogens is 1. The van der Waals surface area contributed by atoms with E-state index in [2.05, 4.69) is 15.0 Å². The summed E-state index contributed by atoms with van der Waals surface area (Å²) in [6.07, 6.45) is 0.566. The van der Waals surface area contributed by atoms with Crippen molar-refractivity contribution >= 4 is 34.4 Å². The van der Waals surface area contributed by atoms with E-state index in [-0.39, 0.29) is 15.2 Å². The monoisotopic (exact) mass is 188 g/mol. The Balaban J connectivity index is 3.13. The third-order valence-corrected chi connectivity index (χ3v) is 2.10. The third-order valence-electron chi connectivity index (χ3n) is 0.836. The van der Waals surface area contributed by atoms with Gasteiger partial charge in [-0.3, -0.25) is 4.79 Å². The van der Waals surface area contributed by atoms with E-state index in [4.69, 9.17) is 17.1 Å². The molecule has 0 atom stereocenters. The molecule has 0 N–H and O–H groups in total. The van der Waals surface area contributed by atoms with Gasteiger partial charge in [0.1, 0.15) is 4.88 Å². The second kappa shape index (κ2) is 3.34. The van der Waals surface area contributed by atoms with Gasteiger partial charge in [-0.2, -0.15) is 0 Å². The number of azide groups is 1. The lowest BCUT2D eigenvalue weighted by Crippen LogP contribution is -1.69. The highest BCUT2D eigenvalue weighted by Crippen LogP contribution is 2.27. The Bertz CT molecular complexity index is 329. The van der Waals surface area contributed by atoms with Crippen LogP contribution in [-0.2, 0) is 0 Å². The van der Waals surface area contributed by atoms with Gasteiger partial charge < -0.3 is 0 Å². The molecule has 0 saturated heterocycles. The summed E-state index contributed by atoms with van der Waals surface area (Å²) >= 11 is 6.42. The molecule has 0 radical (unpaired) electrons. The van der Waals surface area contributed by atoms with E-state index in [9.17, 15) is 4.79 Å². The summed E-state index contributed by atoms with van der Waals surface area (Å²) in [5, 5.41) is 3.41. The smallest absolute Gasteiger partial charge is 0.182 e. The van der Waals surface area contributed by atoms with E-state index in [1.165, 1.54) is 0 Å². The zero-order valence-corrected chi connectivity index (χ0v) is 6.63. The fraction of sp³-hybridized carbons (Fsp3) is 0. The van der Waals surface area contributed by atoms with Crippen molar-refractivity contribution in [2.75, 3.05) is 0 Å². The molecule has 11 heavy (non-hydrogen) atoms. The Kier molecular flexibility index (Phi) is 2.43. The summed E-state index contributed by atoms with van der Waals surface area (Å²) in [5.41, 5.74) is 7.99. The molecule has 5 nitrogen and oxygen atoms in total. The second-order valence-corrected chi connectivity index (χ2v) is 2.83. The molecule has 0 aliphatic carbocycles. The minimum Gasteiger partial charge on any atom is -0.297 e. The van der Waals surface area contributed by atoms with Crippen LogP contribution in [0.4, 0.5) is 5.13 Å². The van der Waals surface area contributed by atoms with Gasteiger partial charge in [-0.15, -0.1) is 11.3 Å². The number of hydrogen-bond acceptors (Lipinski definition) is 4. The maximum absolute atomic E-state index is 10.2. The van der Waals surface area contributed by atoms with Gasteiger partial charge in [0.2, 0.25) is 0 Å². The minimum absolute atomic E-state index is 0.0763. The Hall–Kier alpha value is -1.10. The van der Waals surface area contributed by atoms with Gasteiger partial charge in [0.15, 0.2) is 16.6 Å². The molecule has 0 amide bonds. The van der Waals surface area contributed by atoms with Crippen LogP contribution >= 0.6 is 22.9 Å². The summed E-state index contributed by atoms with van der Waals surface area (Å²) in [7, 11) is 0. The molecule has 1 rings (SSSR count). The van der Waals surface area contributed by atoms with Gasteiger partial charge in [-0.05, 0) is 10.6 Å². The average molecular weight is 189 g/mol. The van der Waals surface area contributed by atoms with Crippen LogP contribution in [-0.4, -0.2) is 11.3 Å². The van der Waals surface area contributed by atoms with Crippen LogP contribution in [0.25, 0.3) is 10.4 Å². The lowest BCUT2D eigenvalue weighted by atomic mass is 10.6. The highest BCUT2D eigenvalue weighted by molar-refractivity contribution is 7.17. The average Bonchev–Trinajstić information content (AvgIpc) is 2.32. The van der Waals surface area contributed by atoms with E-state index >= 15 is 0 Å². The van der Waals surface area contributed by atoms with Crippen LogP contribution in [0.1, 0.15) is 9.67 Å². The number of rotatable bonds is 2. The molecule has 0 aliphatic heterocycles. The fourth-order valence-electron chi connectivity index (χ4n) is 0.456. The molecule has 0 fully saturated rings. The molecule has 56 valence electrons. The number of aldehydes is 1. The van der Waals surface area contributed by atoms with Crippen LogP contribution in [0.3, 0.4) is 0 Å². The molecule has 7 heteroatoms. The van der Waals surface area contributed by atoms with Crippen molar-refractivity contribution < 1.29 is 4.79 Å². The zero-order chi connectivity index (χ0) is 8.27. The largest absolute Gasteiger partial charge is 0.297 e. The molecule has 0 aromatic carbocycles. The predicted molar refractivity (Wildman–Crippen MR) is 41.3 cm³/mol. The summed E-state index contributed by atoms with van der Waals surface area (Å²) in [4.78, 5) is 16.6. The number of carbonyl (C=O) groups excluding carboxylic acids is 1. The molecule has 1 aromatic rings. The summed E-state index contributed by atoms with van der Waals surface area (Å²) in [6, 6.07) is 0. The standard InChI is InChI=1S/C4HClN4OS/c5-3-2(1-10)11-4(7-3)8-9-6/h1H.